The molecular weight excluding hydrogens is 413 g/mol. The Morgan fingerprint density at radius 1 is 1.12 bits per heavy atom. The first kappa shape index (κ1) is 22.3. The van der Waals surface area contributed by atoms with E-state index in [1.165, 1.54) is 25.5 Å². The van der Waals surface area contributed by atoms with E-state index < -0.39 is 23.0 Å². The zero-order chi connectivity index (χ0) is 22.8. The second kappa shape index (κ2) is 9.30. The van der Waals surface area contributed by atoms with Crippen molar-refractivity contribution >= 4 is 22.6 Å². The molecule has 0 aliphatic heterocycles. The Kier molecular flexibility index (Phi) is 6.48. The summed E-state index contributed by atoms with van der Waals surface area (Å²) in [6.45, 7) is 1.24. The van der Waals surface area contributed by atoms with Gasteiger partial charge in [0.15, 0.2) is 0 Å². The Morgan fingerprint density at radius 2 is 1.78 bits per heavy atom. The molecular formula is C24H30FN3O4. The normalized spacial score (nSPS) is 18.4. The highest BCUT2D eigenvalue weighted by Crippen LogP contribution is 2.32. The number of fused-ring (bicyclic) bond motifs is 1. The van der Waals surface area contributed by atoms with Crippen LogP contribution in [0.1, 0.15) is 70.8 Å². The van der Waals surface area contributed by atoms with Crippen LogP contribution in [0.2, 0.25) is 0 Å². The summed E-state index contributed by atoms with van der Waals surface area (Å²) < 4.78 is 17.7. The van der Waals surface area contributed by atoms with Crippen LogP contribution in [0.5, 0.6) is 0 Å². The van der Waals surface area contributed by atoms with Gasteiger partial charge < -0.3 is 10.4 Å². The molecule has 0 saturated heterocycles. The molecule has 2 aromatic rings. The molecule has 1 aromatic carbocycles. The van der Waals surface area contributed by atoms with E-state index in [4.69, 9.17) is 5.11 Å². The molecule has 2 N–H and O–H groups in total. The fourth-order valence-corrected chi connectivity index (χ4v) is 4.97. The Balaban J connectivity index is 1.86. The lowest BCUT2D eigenvalue weighted by Crippen LogP contribution is -2.41. The van der Waals surface area contributed by atoms with Crippen molar-refractivity contribution in [3.63, 3.8) is 0 Å². The fraction of sp³-hybridized carbons (Fsp3) is 0.542. The van der Waals surface area contributed by atoms with Gasteiger partial charge in [-0.15, -0.1) is 0 Å². The van der Waals surface area contributed by atoms with E-state index in [2.05, 4.69) is 5.32 Å². The van der Waals surface area contributed by atoms with E-state index in [0.29, 0.717) is 11.2 Å². The number of carboxylic acid groups (broad SMARTS) is 1. The summed E-state index contributed by atoms with van der Waals surface area (Å²) in [6, 6.07) is 2.96. The van der Waals surface area contributed by atoms with Gasteiger partial charge in [-0.05, 0) is 44.7 Å². The monoisotopic (exact) mass is 443 g/mol. The average Bonchev–Trinajstić information content (AvgIpc) is 3.30. The van der Waals surface area contributed by atoms with Crippen LogP contribution in [0.25, 0.3) is 10.9 Å². The maximum Gasteiger partial charge on any atom is 0.332 e. The van der Waals surface area contributed by atoms with E-state index in [0.717, 1.165) is 55.9 Å². The van der Waals surface area contributed by atoms with Gasteiger partial charge in [0.25, 0.3) is 5.56 Å². The van der Waals surface area contributed by atoms with Gasteiger partial charge in [-0.1, -0.05) is 38.2 Å². The number of carbonyl (C=O) groups is 1. The molecule has 2 saturated carbocycles. The lowest BCUT2D eigenvalue weighted by molar-refractivity contribution is -0.132. The number of benzene rings is 1. The van der Waals surface area contributed by atoms with Crippen molar-refractivity contribution in [3.05, 3.63) is 50.4 Å². The second-order valence-electron chi connectivity index (χ2n) is 9.03. The minimum Gasteiger partial charge on any atom is -0.478 e. The van der Waals surface area contributed by atoms with Crippen molar-refractivity contribution in [2.75, 3.05) is 5.32 Å². The smallest absolute Gasteiger partial charge is 0.332 e. The zero-order valence-corrected chi connectivity index (χ0v) is 18.4. The standard InChI is InChI=1S/C24H30FN3O4/c1-15(23(30)31)11-12-27-22(29)18-13-19(25)20(26-16-7-3-2-4-8-16)14-21(18)28(24(27)32)17-9-5-6-10-17/h11,13-14,16-17,26H,2-10,12H2,1H3,(H,30,31). The number of hydrogen-bond acceptors (Lipinski definition) is 4. The molecule has 32 heavy (non-hydrogen) atoms. The molecule has 4 rings (SSSR count). The molecule has 2 fully saturated rings. The summed E-state index contributed by atoms with van der Waals surface area (Å²) in [4.78, 5) is 37.7. The number of hydrogen-bond donors (Lipinski definition) is 2. The van der Waals surface area contributed by atoms with Crippen LogP contribution in [0.4, 0.5) is 10.1 Å². The first-order valence-corrected chi connectivity index (χ1v) is 11.5. The lowest BCUT2D eigenvalue weighted by Gasteiger charge is -2.25. The van der Waals surface area contributed by atoms with E-state index in [1.54, 1.807) is 10.6 Å². The first-order valence-electron chi connectivity index (χ1n) is 11.5. The molecule has 1 aromatic heterocycles. The summed E-state index contributed by atoms with van der Waals surface area (Å²) in [5.74, 6) is -1.62. The second-order valence-corrected chi connectivity index (χ2v) is 9.03. The maximum absolute atomic E-state index is 15.0. The number of carboxylic acids is 1. The minimum atomic E-state index is -1.11. The summed E-state index contributed by atoms with van der Waals surface area (Å²) in [5, 5.41) is 12.5. The van der Waals surface area contributed by atoms with E-state index in [-0.39, 0.29) is 29.6 Å². The Hall–Kier alpha value is -2.90. The predicted octanol–water partition coefficient (Wildman–Crippen LogP) is 4.19. The van der Waals surface area contributed by atoms with Gasteiger partial charge in [-0.2, -0.15) is 0 Å². The van der Waals surface area contributed by atoms with Crippen LogP contribution >= 0.6 is 0 Å². The van der Waals surface area contributed by atoms with Crippen molar-refractivity contribution < 1.29 is 14.3 Å². The van der Waals surface area contributed by atoms with Gasteiger partial charge in [-0.3, -0.25) is 13.9 Å². The quantitative estimate of drug-likeness (QED) is 0.653. The number of anilines is 1. The van der Waals surface area contributed by atoms with E-state index in [9.17, 15) is 14.4 Å². The van der Waals surface area contributed by atoms with Gasteiger partial charge in [0, 0.05) is 24.2 Å². The van der Waals surface area contributed by atoms with Crippen molar-refractivity contribution in [3.8, 4) is 0 Å². The van der Waals surface area contributed by atoms with Gasteiger partial charge in [0.1, 0.15) is 5.82 Å². The molecule has 1 heterocycles. The van der Waals surface area contributed by atoms with Crippen LogP contribution in [0.3, 0.4) is 0 Å². The van der Waals surface area contributed by atoms with Crippen molar-refractivity contribution in [1.82, 2.24) is 9.13 Å². The van der Waals surface area contributed by atoms with Crippen molar-refractivity contribution in [1.29, 1.82) is 0 Å². The third-order valence-corrected chi connectivity index (χ3v) is 6.83. The predicted molar refractivity (Wildman–Crippen MR) is 122 cm³/mol. The number of halogens is 1. The van der Waals surface area contributed by atoms with Crippen LogP contribution in [-0.4, -0.2) is 26.3 Å². The highest BCUT2D eigenvalue weighted by atomic mass is 19.1. The van der Waals surface area contributed by atoms with Gasteiger partial charge >= 0.3 is 11.7 Å². The minimum absolute atomic E-state index is 0.0435. The van der Waals surface area contributed by atoms with Crippen molar-refractivity contribution in [2.24, 2.45) is 0 Å². The summed E-state index contributed by atoms with van der Waals surface area (Å²) in [7, 11) is 0. The molecule has 0 spiro atoms. The lowest BCUT2D eigenvalue weighted by atomic mass is 9.95. The zero-order valence-electron chi connectivity index (χ0n) is 18.4. The van der Waals surface area contributed by atoms with Crippen LogP contribution in [0.15, 0.2) is 33.4 Å². The number of allylic oxidation sites excluding steroid dienone is 1. The third-order valence-electron chi connectivity index (χ3n) is 6.83. The summed E-state index contributed by atoms with van der Waals surface area (Å²) >= 11 is 0. The molecule has 2 aliphatic rings. The number of nitrogens with one attached hydrogen (secondary N) is 1. The molecule has 0 unspecified atom stereocenters. The highest BCUT2D eigenvalue weighted by Gasteiger charge is 2.25. The highest BCUT2D eigenvalue weighted by molar-refractivity contribution is 5.85. The Labute approximate surface area is 185 Å². The SMILES string of the molecule is CC(=CCn1c(=O)c2cc(F)c(NC3CCCCC3)cc2n(C2CCCC2)c1=O)C(=O)O. The number of rotatable bonds is 6. The molecule has 172 valence electrons. The summed E-state index contributed by atoms with van der Waals surface area (Å²) in [6.07, 6.45) is 10.3. The molecule has 0 radical (unpaired) electrons. The van der Waals surface area contributed by atoms with Crippen LogP contribution in [0, 0.1) is 5.82 Å². The first-order chi connectivity index (χ1) is 15.4. The van der Waals surface area contributed by atoms with Gasteiger partial charge in [-0.25, -0.2) is 14.0 Å². The van der Waals surface area contributed by atoms with Gasteiger partial charge in [0.05, 0.1) is 16.6 Å². The largest absolute Gasteiger partial charge is 0.478 e. The summed E-state index contributed by atoms with van der Waals surface area (Å²) in [5.41, 5.74) is -0.256. The molecule has 8 heteroatoms. The molecule has 0 bridgehead atoms. The molecule has 7 nitrogen and oxygen atoms in total. The topological polar surface area (TPSA) is 93.3 Å². The van der Waals surface area contributed by atoms with Crippen molar-refractivity contribution in [2.45, 2.75) is 83.3 Å². The van der Waals surface area contributed by atoms with Crippen LogP contribution in [-0.2, 0) is 11.3 Å². The molecule has 0 amide bonds. The maximum atomic E-state index is 15.0. The average molecular weight is 444 g/mol. The number of aliphatic carboxylic acids is 1. The van der Waals surface area contributed by atoms with E-state index >= 15 is 4.39 Å². The third kappa shape index (κ3) is 4.36. The fourth-order valence-electron chi connectivity index (χ4n) is 4.97. The Morgan fingerprint density at radius 3 is 2.44 bits per heavy atom. The van der Waals surface area contributed by atoms with E-state index in [1.807, 2.05) is 0 Å². The Bertz CT molecular complexity index is 1170. The number of nitrogens with zero attached hydrogens (tertiary/aromatic N) is 2. The van der Waals surface area contributed by atoms with Gasteiger partial charge in [0.2, 0.25) is 0 Å². The molecule has 2 aliphatic carbocycles. The number of aromatic nitrogens is 2. The van der Waals surface area contributed by atoms with Crippen LogP contribution < -0.4 is 16.6 Å². The molecule has 0 atom stereocenters.